The highest BCUT2D eigenvalue weighted by Crippen LogP contribution is 2.26. The van der Waals surface area contributed by atoms with Crippen LogP contribution in [0.15, 0.2) is 97.1 Å². The fourth-order valence-electron chi connectivity index (χ4n) is 5.00. The van der Waals surface area contributed by atoms with Gasteiger partial charge in [-0.3, -0.25) is 14.5 Å². The molecule has 0 spiro atoms. The second-order valence-corrected chi connectivity index (χ2v) is 10.1. The first kappa shape index (κ1) is 26.5. The SMILES string of the molecule is C[C@H]1CN(Cc2cccc(-c3cc(CNC(=O)c4cccc(C(=O)c5ccccc5)c4)ccc3F)c2)CCN1. The van der Waals surface area contributed by atoms with Crippen LogP contribution in [-0.2, 0) is 13.1 Å². The third kappa shape index (κ3) is 6.66. The maximum absolute atomic E-state index is 14.9. The second kappa shape index (κ2) is 12.2. The average molecular weight is 522 g/mol. The summed E-state index contributed by atoms with van der Waals surface area (Å²) in [6, 6.07) is 29.0. The van der Waals surface area contributed by atoms with E-state index in [-0.39, 0.29) is 24.1 Å². The largest absolute Gasteiger partial charge is 0.348 e. The van der Waals surface area contributed by atoms with Crippen molar-refractivity contribution in [1.29, 1.82) is 0 Å². The van der Waals surface area contributed by atoms with E-state index in [1.807, 2.05) is 36.4 Å². The Bertz CT molecular complexity index is 1470. The number of hydrogen-bond donors (Lipinski definition) is 2. The van der Waals surface area contributed by atoms with Crippen LogP contribution in [0, 0.1) is 5.82 Å². The third-order valence-electron chi connectivity index (χ3n) is 7.00. The predicted molar refractivity (Wildman–Crippen MR) is 152 cm³/mol. The van der Waals surface area contributed by atoms with Gasteiger partial charge in [0.15, 0.2) is 5.78 Å². The quantitative estimate of drug-likeness (QED) is 0.303. The van der Waals surface area contributed by atoms with E-state index in [2.05, 4.69) is 28.5 Å². The van der Waals surface area contributed by atoms with Gasteiger partial charge >= 0.3 is 0 Å². The van der Waals surface area contributed by atoms with Crippen LogP contribution in [0.5, 0.6) is 0 Å². The standard InChI is InChI=1S/C33H32FN3O2/c1-23-21-37(16-15-35-23)22-25-7-5-10-27(17-25)30-18-24(13-14-31(30)34)20-36-33(39)29-12-6-11-28(19-29)32(38)26-8-3-2-4-9-26/h2-14,17-19,23,35H,15-16,20-22H2,1H3,(H,36,39)/t23-/m0/s1. The second-order valence-electron chi connectivity index (χ2n) is 10.1. The molecule has 0 unspecified atom stereocenters. The molecule has 0 aliphatic carbocycles. The van der Waals surface area contributed by atoms with E-state index in [0.717, 1.165) is 42.9 Å². The molecule has 1 atom stereocenters. The average Bonchev–Trinajstić information content (AvgIpc) is 2.97. The smallest absolute Gasteiger partial charge is 0.251 e. The van der Waals surface area contributed by atoms with Gasteiger partial charge in [-0.15, -0.1) is 0 Å². The molecule has 0 bridgehead atoms. The van der Waals surface area contributed by atoms with Gasteiger partial charge in [0.05, 0.1) is 0 Å². The number of carbonyl (C=O) groups is 2. The van der Waals surface area contributed by atoms with E-state index in [1.165, 1.54) is 6.07 Å². The normalized spacial score (nSPS) is 15.6. The van der Waals surface area contributed by atoms with Gasteiger partial charge < -0.3 is 10.6 Å². The number of hydrogen-bond acceptors (Lipinski definition) is 4. The number of carbonyl (C=O) groups excluding carboxylic acids is 2. The highest BCUT2D eigenvalue weighted by molar-refractivity contribution is 6.10. The third-order valence-corrected chi connectivity index (χ3v) is 7.00. The molecule has 0 radical (unpaired) electrons. The number of nitrogens with one attached hydrogen (secondary N) is 2. The summed E-state index contributed by atoms with van der Waals surface area (Å²) in [5.74, 6) is -0.733. The molecule has 39 heavy (non-hydrogen) atoms. The first-order valence-corrected chi connectivity index (χ1v) is 13.3. The van der Waals surface area contributed by atoms with Gasteiger partial charge in [0.25, 0.3) is 5.91 Å². The molecule has 0 saturated carbocycles. The summed E-state index contributed by atoms with van der Waals surface area (Å²) < 4.78 is 14.9. The Morgan fingerprint density at radius 2 is 1.64 bits per heavy atom. The van der Waals surface area contributed by atoms with Crippen LogP contribution in [0.25, 0.3) is 11.1 Å². The first-order valence-electron chi connectivity index (χ1n) is 13.3. The van der Waals surface area contributed by atoms with Crippen molar-refractivity contribution < 1.29 is 14.0 Å². The number of halogens is 1. The van der Waals surface area contributed by atoms with E-state index < -0.39 is 0 Å². The van der Waals surface area contributed by atoms with Crippen LogP contribution in [0.3, 0.4) is 0 Å². The molecule has 1 aliphatic rings. The zero-order chi connectivity index (χ0) is 27.2. The van der Waals surface area contributed by atoms with Crippen LogP contribution >= 0.6 is 0 Å². The molecule has 5 nitrogen and oxygen atoms in total. The maximum atomic E-state index is 14.9. The lowest BCUT2D eigenvalue weighted by Gasteiger charge is -2.31. The van der Waals surface area contributed by atoms with Crippen LogP contribution < -0.4 is 10.6 Å². The van der Waals surface area contributed by atoms with E-state index in [4.69, 9.17) is 0 Å². The molecular weight excluding hydrogens is 489 g/mol. The van der Waals surface area contributed by atoms with Gasteiger partial charge in [-0.05, 0) is 53.9 Å². The Hall–Kier alpha value is -4.13. The first-order chi connectivity index (χ1) is 19.0. The Labute approximate surface area is 228 Å². The molecule has 1 saturated heterocycles. The lowest BCUT2D eigenvalue weighted by Crippen LogP contribution is -2.48. The van der Waals surface area contributed by atoms with Crippen molar-refractivity contribution in [2.24, 2.45) is 0 Å². The Morgan fingerprint density at radius 3 is 2.46 bits per heavy atom. The Kier molecular flexibility index (Phi) is 8.25. The lowest BCUT2D eigenvalue weighted by atomic mass is 9.99. The summed E-state index contributed by atoms with van der Waals surface area (Å²) in [6.45, 7) is 6.18. The van der Waals surface area contributed by atoms with Crippen LogP contribution in [0.4, 0.5) is 4.39 Å². The molecule has 4 aromatic rings. The lowest BCUT2D eigenvalue weighted by molar-refractivity contribution is 0.0951. The number of piperazine rings is 1. The Morgan fingerprint density at radius 1 is 0.872 bits per heavy atom. The molecule has 6 heteroatoms. The minimum Gasteiger partial charge on any atom is -0.348 e. The molecule has 1 fully saturated rings. The van der Waals surface area contributed by atoms with Crippen LogP contribution in [0.1, 0.15) is 44.3 Å². The number of nitrogens with zero attached hydrogens (tertiary/aromatic N) is 1. The number of amides is 1. The van der Waals surface area contributed by atoms with Gasteiger partial charge in [-0.2, -0.15) is 0 Å². The number of benzene rings is 4. The molecule has 198 valence electrons. The van der Waals surface area contributed by atoms with Gasteiger partial charge in [-0.25, -0.2) is 4.39 Å². The van der Waals surface area contributed by atoms with E-state index in [1.54, 1.807) is 48.5 Å². The minimum atomic E-state index is -0.301. The monoisotopic (exact) mass is 521 g/mol. The molecule has 1 heterocycles. The summed E-state index contributed by atoms with van der Waals surface area (Å²) in [5.41, 5.74) is 4.67. The summed E-state index contributed by atoms with van der Waals surface area (Å²) in [4.78, 5) is 28.1. The van der Waals surface area contributed by atoms with E-state index in [9.17, 15) is 14.0 Å². The summed E-state index contributed by atoms with van der Waals surface area (Å²) in [5, 5.41) is 6.36. The predicted octanol–water partition coefficient (Wildman–Crippen LogP) is 5.45. The van der Waals surface area contributed by atoms with Crippen LogP contribution in [-0.4, -0.2) is 42.3 Å². The van der Waals surface area contributed by atoms with Crippen molar-refractivity contribution in [1.82, 2.24) is 15.5 Å². The van der Waals surface area contributed by atoms with Gasteiger partial charge in [0.2, 0.25) is 0 Å². The van der Waals surface area contributed by atoms with Crippen molar-refractivity contribution >= 4 is 11.7 Å². The van der Waals surface area contributed by atoms with Crippen molar-refractivity contribution in [2.45, 2.75) is 26.1 Å². The van der Waals surface area contributed by atoms with E-state index >= 15 is 0 Å². The van der Waals surface area contributed by atoms with E-state index in [0.29, 0.717) is 28.3 Å². The zero-order valence-electron chi connectivity index (χ0n) is 22.0. The molecule has 5 rings (SSSR count). The number of ketones is 1. The molecule has 2 N–H and O–H groups in total. The van der Waals surface area contributed by atoms with Crippen molar-refractivity contribution in [3.8, 4) is 11.1 Å². The van der Waals surface area contributed by atoms with Crippen molar-refractivity contribution in [2.75, 3.05) is 19.6 Å². The maximum Gasteiger partial charge on any atom is 0.251 e. The fraction of sp³-hybridized carbons (Fsp3) is 0.212. The zero-order valence-corrected chi connectivity index (χ0v) is 22.0. The van der Waals surface area contributed by atoms with Crippen molar-refractivity contribution in [3.63, 3.8) is 0 Å². The van der Waals surface area contributed by atoms with Crippen molar-refractivity contribution in [3.05, 3.63) is 131 Å². The molecule has 1 aliphatic heterocycles. The highest BCUT2D eigenvalue weighted by Gasteiger charge is 2.16. The topological polar surface area (TPSA) is 61.4 Å². The highest BCUT2D eigenvalue weighted by atomic mass is 19.1. The minimum absolute atomic E-state index is 0.137. The Balaban J connectivity index is 1.27. The number of rotatable bonds is 8. The summed E-state index contributed by atoms with van der Waals surface area (Å²) >= 11 is 0. The van der Waals surface area contributed by atoms with Crippen LogP contribution in [0.2, 0.25) is 0 Å². The molecular formula is C33H32FN3O2. The molecule has 1 amide bonds. The van der Waals surface area contributed by atoms with Gasteiger partial charge in [0, 0.05) is 61.0 Å². The summed E-state index contributed by atoms with van der Waals surface area (Å²) in [6.07, 6.45) is 0. The molecule has 4 aromatic carbocycles. The molecule has 0 aromatic heterocycles. The fourth-order valence-corrected chi connectivity index (χ4v) is 5.00. The summed E-state index contributed by atoms with van der Waals surface area (Å²) in [7, 11) is 0. The van der Waals surface area contributed by atoms with Gasteiger partial charge in [-0.1, -0.05) is 66.7 Å². The van der Waals surface area contributed by atoms with Gasteiger partial charge in [0.1, 0.15) is 5.82 Å².